The quantitative estimate of drug-likeness (QED) is 0.584. The Morgan fingerprint density at radius 2 is 2.12 bits per heavy atom. The second-order valence-electron chi connectivity index (χ2n) is 5.04. The van der Waals surface area contributed by atoms with Crippen molar-refractivity contribution in [1.82, 2.24) is 5.43 Å². The molecule has 2 saturated heterocycles. The van der Waals surface area contributed by atoms with Crippen molar-refractivity contribution in [2.24, 2.45) is 17.7 Å². The monoisotopic (exact) mass is 244 g/mol. The Bertz CT molecular complexity index is 191. The van der Waals surface area contributed by atoms with E-state index < -0.39 is 0 Å². The molecule has 3 nitrogen and oxygen atoms in total. The maximum absolute atomic E-state index is 5.71. The molecule has 94 valence electrons. The van der Waals surface area contributed by atoms with E-state index in [9.17, 15) is 0 Å². The Balaban J connectivity index is 1.78. The molecule has 16 heavy (non-hydrogen) atoms. The van der Waals surface area contributed by atoms with Crippen LogP contribution in [0.4, 0.5) is 0 Å². The first kappa shape index (κ1) is 12.7. The van der Waals surface area contributed by atoms with Crippen molar-refractivity contribution in [2.45, 2.75) is 38.1 Å². The summed E-state index contributed by atoms with van der Waals surface area (Å²) in [5.74, 6) is 9.89. The third-order valence-corrected chi connectivity index (χ3v) is 4.96. The van der Waals surface area contributed by atoms with Crippen LogP contribution in [-0.2, 0) is 4.74 Å². The lowest BCUT2D eigenvalue weighted by Gasteiger charge is -2.33. The van der Waals surface area contributed by atoms with Gasteiger partial charge in [-0.3, -0.25) is 11.3 Å². The predicted octanol–water partition coefficient (Wildman–Crippen LogP) is 1.78. The summed E-state index contributed by atoms with van der Waals surface area (Å²) in [6.45, 7) is 1.84. The molecule has 3 N–H and O–H groups in total. The minimum atomic E-state index is 0.466. The molecule has 0 bridgehead atoms. The van der Waals surface area contributed by atoms with Gasteiger partial charge in [-0.15, -0.1) is 0 Å². The standard InChI is InChI=1S/C12H24N2OS/c13-14-12(11-2-1-5-15-9-11)8-10-3-6-16-7-4-10/h10-12,14H,1-9,13H2. The SMILES string of the molecule is NNC(CC1CCSCC1)C1CCCOC1. The number of ether oxygens (including phenoxy) is 1. The van der Waals surface area contributed by atoms with Crippen LogP contribution in [0.5, 0.6) is 0 Å². The number of hydrazine groups is 1. The molecule has 2 aliphatic heterocycles. The summed E-state index contributed by atoms with van der Waals surface area (Å²) in [6, 6.07) is 0.466. The van der Waals surface area contributed by atoms with Crippen molar-refractivity contribution in [1.29, 1.82) is 0 Å². The molecule has 2 fully saturated rings. The van der Waals surface area contributed by atoms with Gasteiger partial charge in [0, 0.05) is 12.6 Å². The molecule has 2 atom stereocenters. The third kappa shape index (κ3) is 3.62. The summed E-state index contributed by atoms with van der Waals surface area (Å²) in [7, 11) is 0. The van der Waals surface area contributed by atoms with E-state index in [1.54, 1.807) is 0 Å². The first-order valence-electron chi connectivity index (χ1n) is 6.51. The topological polar surface area (TPSA) is 47.3 Å². The summed E-state index contributed by atoms with van der Waals surface area (Å²) >= 11 is 2.09. The Hall–Kier alpha value is 0.230. The Kier molecular flexibility index (Phi) is 5.42. The lowest BCUT2D eigenvalue weighted by atomic mass is 9.85. The predicted molar refractivity (Wildman–Crippen MR) is 69.3 cm³/mol. The molecule has 0 aliphatic carbocycles. The molecule has 2 aliphatic rings. The number of hydrogen-bond acceptors (Lipinski definition) is 4. The first-order chi connectivity index (χ1) is 7.90. The fourth-order valence-corrected chi connectivity index (χ4v) is 4.02. The fourth-order valence-electron chi connectivity index (χ4n) is 2.82. The van der Waals surface area contributed by atoms with E-state index in [2.05, 4.69) is 17.2 Å². The fraction of sp³-hybridized carbons (Fsp3) is 1.00. The van der Waals surface area contributed by atoms with E-state index in [0.29, 0.717) is 12.0 Å². The van der Waals surface area contributed by atoms with E-state index in [-0.39, 0.29) is 0 Å². The van der Waals surface area contributed by atoms with Gasteiger partial charge in [0.05, 0.1) is 6.61 Å². The average Bonchev–Trinajstić information content (AvgIpc) is 2.38. The Morgan fingerprint density at radius 3 is 2.75 bits per heavy atom. The molecule has 0 radical (unpaired) electrons. The number of thioether (sulfide) groups is 1. The van der Waals surface area contributed by atoms with Crippen molar-refractivity contribution in [2.75, 3.05) is 24.7 Å². The van der Waals surface area contributed by atoms with Crippen LogP contribution in [0.2, 0.25) is 0 Å². The summed E-state index contributed by atoms with van der Waals surface area (Å²) in [5, 5.41) is 0. The average molecular weight is 244 g/mol. The van der Waals surface area contributed by atoms with Crippen molar-refractivity contribution in [3.05, 3.63) is 0 Å². The molecule has 2 heterocycles. The van der Waals surface area contributed by atoms with Crippen LogP contribution < -0.4 is 11.3 Å². The third-order valence-electron chi connectivity index (χ3n) is 3.91. The van der Waals surface area contributed by atoms with Crippen molar-refractivity contribution >= 4 is 11.8 Å². The molecule has 0 spiro atoms. The summed E-state index contributed by atoms with van der Waals surface area (Å²) in [5.41, 5.74) is 3.03. The molecule has 2 unspecified atom stereocenters. The zero-order valence-corrected chi connectivity index (χ0v) is 10.8. The van der Waals surface area contributed by atoms with Crippen LogP contribution in [-0.4, -0.2) is 30.8 Å². The van der Waals surface area contributed by atoms with Gasteiger partial charge >= 0.3 is 0 Å². The second-order valence-corrected chi connectivity index (χ2v) is 6.27. The molecule has 0 saturated carbocycles. The number of rotatable bonds is 4. The highest BCUT2D eigenvalue weighted by Gasteiger charge is 2.26. The van der Waals surface area contributed by atoms with Crippen molar-refractivity contribution in [3.8, 4) is 0 Å². The highest BCUT2D eigenvalue weighted by atomic mass is 32.2. The van der Waals surface area contributed by atoms with Gasteiger partial charge in [-0.25, -0.2) is 0 Å². The normalized spacial score (nSPS) is 30.2. The lowest BCUT2D eigenvalue weighted by molar-refractivity contribution is 0.0349. The largest absolute Gasteiger partial charge is 0.381 e. The first-order valence-corrected chi connectivity index (χ1v) is 7.67. The van der Waals surface area contributed by atoms with Crippen LogP contribution in [0.25, 0.3) is 0 Å². The minimum Gasteiger partial charge on any atom is -0.381 e. The zero-order chi connectivity index (χ0) is 11.2. The van der Waals surface area contributed by atoms with Crippen LogP contribution >= 0.6 is 11.8 Å². The summed E-state index contributed by atoms with van der Waals surface area (Å²) in [4.78, 5) is 0. The summed E-state index contributed by atoms with van der Waals surface area (Å²) in [6.07, 6.45) is 6.46. The minimum absolute atomic E-state index is 0.466. The molecule has 0 aromatic carbocycles. The van der Waals surface area contributed by atoms with Gasteiger partial charge in [0.2, 0.25) is 0 Å². The highest BCUT2D eigenvalue weighted by Crippen LogP contribution is 2.29. The Labute approximate surface area is 103 Å². The number of nitrogens with one attached hydrogen (secondary N) is 1. The van der Waals surface area contributed by atoms with Crippen LogP contribution in [0, 0.1) is 11.8 Å². The van der Waals surface area contributed by atoms with E-state index in [1.165, 1.54) is 43.6 Å². The molecule has 0 amide bonds. The smallest absolute Gasteiger partial charge is 0.0509 e. The van der Waals surface area contributed by atoms with Crippen LogP contribution in [0.15, 0.2) is 0 Å². The van der Waals surface area contributed by atoms with Gasteiger partial charge < -0.3 is 4.74 Å². The molecule has 4 heteroatoms. The van der Waals surface area contributed by atoms with Crippen molar-refractivity contribution in [3.63, 3.8) is 0 Å². The lowest BCUT2D eigenvalue weighted by Crippen LogP contribution is -2.45. The molecular weight excluding hydrogens is 220 g/mol. The Morgan fingerprint density at radius 1 is 1.31 bits per heavy atom. The summed E-state index contributed by atoms with van der Waals surface area (Å²) < 4.78 is 5.55. The van der Waals surface area contributed by atoms with Gasteiger partial charge in [0.1, 0.15) is 0 Å². The van der Waals surface area contributed by atoms with E-state index in [0.717, 1.165) is 19.1 Å². The van der Waals surface area contributed by atoms with Crippen LogP contribution in [0.3, 0.4) is 0 Å². The van der Waals surface area contributed by atoms with E-state index in [4.69, 9.17) is 10.6 Å². The second kappa shape index (κ2) is 6.84. The molecular formula is C12H24N2OS. The van der Waals surface area contributed by atoms with Gasteiger partial charge in [0.15, 0.2) is 0 Å². The van der Waals surface area contributed by atoms with Crippen LogP contribution in [0.1, 0.15) is 32.1 Å². The van der Waals surface area contributed by atoms with E-state index in [1.807, 2.05) is 0 Å². The molecule has 2 rings (SSSR count). The molecule has 0 aromatic heterocycles. The highest BCUT2D eigenvalue weighted by molar-refractivity contribution is 7.99. The van der Waals surface area contributed by atoms with E-state index >= 15 is 0 Å². The maximum atomic E-state index is 5.71. The van der Waals surface area contributed by atoms with Gasteiger partial charge in [-0.2, -0.15) is 11.8 Å². The van der Waals surface area contributed by atoms with Gasteiger partial charge in [0.25, 0.3) is 0 Å². The van der Waals surface area contributed by atoms with Gasteiger partial charge in [-0.1, -0.05) is 0 Å². The molecule has 0 aromatic rings. The van der Waals surface area contributed by atoms with Crippen molar-refractivity contribution < 1.29 is 4.74 Å². The number of hydrogen-bond donors (Lipinski definition) is 2. The maximum Gasteiger partial charge on any atom is 0.0509 e. The zero-order valence-electron chi connectivity index (χ0n) is 9.99. The van der Waals surface area contributed by atoms with Gasteiger partial charge in [-0.05, 0) is 55.4 Å². The number of nitrogens with two attached hydrogens (primary N) is 1.